The van der Waals surface area contributed by atoms with E-state index in [1.54, 1.807) is 0 Å². The van der Waals surface area contributed by atoms with Gasteiger partial charge < -0.3 is 5.73 Å². The van der Waals surface area contributed by atoms with E-state index in [4.69, 9.17) is 5.73 Å². The molecule has 2 saturated heterocycles. The van der Waals surface area contributed by atoms with Crippen LogP contribution in [0.3, 0.4) is 0 Å². The Bertz CT molecular complexity index is 201. The van der Waals surface area contributed by atoms with Crippen molar-refractivity contribution in [2.45, 2.75) is 64.6 Å². The van der Waals surface area contributed by atoms with E-state index in [1.807, 2.05) is 0 Å². The normalized spacial score (nSPS) is 38.6. The highest BCUT2D eigenvalue weighted by atomic mass is 15.2. The van der Waals surface area contributed by atoms with Crippen molar-refractivity contribution in [2.24, 2.45) is 17.6 Å². The molecule has 0 radical (unpaired) electrons. The van der Waals surface area contributed by atoms with E-state index in [0.717, 1.165) is 23.9 Å². The van der Waals surface area contributed by atoms with Gasteiger partial charge in [-0.25, -0.2) is 0 Å². The van der Waals surface area contributed by atoms with Crippen molar-refractivity contribution in [3.8, 4) is 0 Å². The molecule has 88 valence electrons. The average Bonchev–Trinajstić information content (AvgIpc) is 2.42. The molecule has 2 fully saturated rings. The minimum atomic E-state index is 0.480. The highest BCUT2D eigenvalue weighted by Gasteiger charge is 2.39. The molecule has 0 aromatic carbocycles. The van der Waals surface area contributed by atoms with Gasteiger partial charge in [0.1, 0.15) is 0 Å². The number of hydrogen-bond donors (Lipinski definition) is 1. The highest BCUT2D eigenvalue weighted by molar-refractivity contribution is 4.96. The molecule has 0 aliphatic carbocycles. The Labute approximate surface area is 94.2 Å². The van der Waals surface area contributed by atoms with Crippen molar-refractivity contribution < 1.29 is 0 Å². The van der Waals surface area contributed by atoms with Crippen LogP contribution in [0.4, 0.5) is 0 Å². The van der Waals surface area contributed by atoms with Crippen LogP contribution in [0, 0.1) is 11.8 Å². The fourth-order valence-electron chi connectivity index (χ4n) is 3.16. The van der Waals surface area contributed by atoms with E-state index < -0.39 is 0 Å². The molecule has 2 heteroatoms. The highest BCUT2D eigenvalue weighted by Crippen LogP contribution is 2.36. The molecule has 2 bridgehead atoms. The maximum absolute atomic E-state index is 6.08. The molecule has 0 spiro atoms. The summed E-state index contributed by atoms with van der Waals surface area (Å²) in [5, 5.41) is 0. The molecule has 2 aliphatic rings. The summed E-state index contributed by atoms with van der Waals surface area (Å²) in [4.78, 5) is 2.76. The molecule has 3 unspecified atom stereocenters. The van der Waals surface area contributed by atoms with Crippen molar-refractivity contribution in [1.29, 1.82) is 0 Å². The lowest BCUT2D eigenvalue weighted by Gasteiger charge is -2.39. The van der Waals surface area contributed by atoms with Crippen LogP contribution in [0.5, 0.6) is 0 Å². The van der Waals surface area contributed by atoms with Gasteiger partial charge in [-0.1, -0.05) is 20.8 Å². The zero-order valence-electron chi connectivity index (χ0n) is 10.4. The van der Waals surface area contributed by atoms with Gasteiger partial charge >= 0.3 is 0 Å². The smallest absolute Gasteiger partial charge is 0.0114 e. The van der Waals surface area contributed by atoms with Gasteiger partial charge in [-0.2, -0.15) is 0 Å². The second-order valence-corrected chi connectivity index (χ2v) is 6.03. The molecule has 3 atom stereocenters. The topological polar surface area (TPSA) is 29.3 Å². The van der Waals surface area contributed by atoms with E-state index >= 15 is 0 Å². The molecule has 2 nitrogen and oxygen atoms in total. The van der Waals surface area contributed by atoms with Gasteiger partial charge in [0.25, 0.3) is 0 Å². The first kappa shape index (κ1) is 11.4. The molecule has 2 N–H and O–H groups in total. The van der Waals surface area contributed by atoms with Gasteiger partial charge in [-0.15, -0.1) is 0 Å². The van der Waals surface area contributed by atoms with Crippen LogP contribution in [-0.2, 0) is 0 Å². The Balaban J connectivity index is 1.94. The van der Waals surface area contributed by atoms with Crippen molar-refractivity contribution in [2.75, 3.05) is 6.54 Å². The van der Waals surface area contributed by atoms with Crippen LogP contribution < -0.4 is 5.73 Å². The molecule has 2 aliphatic heterocycles. The number of rotatable bonds is 3. The number of piperidine rings is 1. The summed E-state index contributed by atoms with van der Waals surface area (Å²) in [6.07, 6.45) is 5.26. The molecule has 0 aromatic rings. The Morgan fingerprint density at radius 2 is 1.67 bits per heavy atom. The summed E-state index contributed by atoms with van der Waals surface area (Å²) in [6.45, 7) is 8.35. The predicted molar refractivity (Wildman–Crippen MR) is 64.7 cm³/mol. The van der Waals surface area contributed by atoms with Crippen molar-refractivity contribution >= 4 is 0 Å². The first-order valence-electron chi connectivity index (χ1n) is 6.59. The van der Waals surface area contributed by atoms with Gasteiger partial charge in [0.2, 0.25) is 0 Å². The summed E-state index contributed by atoms with van der Waals surface area (Å²) in [5.41, 5.74) is 6.08. The summed E-state index contributed by atoms with van der Waals surface area (Å²) >= 11 is 0. The van der Waals surface area contributed by atoms with E-state index in [2.05, 4.69) is 25.7 Å². The quantitative estimate of drug-likeness (QED) is 0.774. The van der Waals surface area contributed by atoms with Gasteiger partial charge in [0, 0.05) is 24.7 Å². The Hall–Kier alpha value is -0.0800. The van der Waals surface area contributed by atoms with Crippen LogP contribution >= 0.6 is 0 Å². The number of hydrogen-bond acceptors (Lipinski definition) is 2. The summed E-state index contributed by atoms with van der Waals surface area (Å²) in [6, 6.07) is 2.09. The lowest BCUT2D eigenvalue weighted by Crippen LogP contribution is -2.49. The van der Waals surface area contributed by atoms with Gasteiger partial charge in [-0.3, -0.25) is 4.90 Å². The zero-order chi connectivity index (χ0) is 11.0. The van der Waals surface area contributed by atoms with Crippen LogP contribution in [0.2, 0.25) is 0 Å². The number of nitrogens with two attached hydrogens (primary N) is 1. The van der Waals surface area contributed by atoms with Gasteiger partial charge in [-0.05, 0) is 37.5 Å². The molecule has 0 aromatic heterocycles. The van der Waals surface area contributed by atoms with E-state index in [0.29, 0.717) is 6.04 Å². The standard InChI is InChI=1S/C13H26N2/c1-9(2)10(3)8-15-12-4-5-13(15)7-11(14)6-12/h9-13H,4-8,14H2,1-3H3. The minimum Gasteiger partial charge on any atom is -0.328 e. The van der Waals surface area contributed by atoms with Crippen LogP contribution in [-0.4, -0.2) is 29.6 Å². The van der Waals surface area contributed by atoms with Crippen LogP contribution in [0.15, 0.2) is 0 Å². The van der Waals surface area contributed by atoms with Gasteiger partial charge in [0.15, 0.2) is 0 Å². The van der Waals surface area contributed by atoms with E-state index in [1.165, 1.54) is 32.2 Å². The monoisotopic (exact) mass is 210 g/mol. The zero-order valence-corrected chi connectivity index (χ0v) is 10.4. The van der Waals surface area contributed by atoms with Crippen molar-refractivity contribution in [3.05, 3.63) is 0 Å². The Morgan fingerprint density at radius 3 is 2.13 bits per heavy atom. The Morgan fingerprint density at radius 1 is 1.13 bits per heavy atom. The maximum atomic E-state index is 6.08. The summed E-state index contributed by atoms with van der Waals surface area (Å²) in [5.74, 6) is 1.63. The van der Waals surface area contributed by atoms with E-state index in [9.17, 15) is 0 Å². The molecule has 0 saturated carbocycles. The lowest BCUT2D eigenvalue weighted by molar-refractivity contribution is 0.0999. The molecule has 2 rings (SSSR count). The largest absolute Gasteiger partial charge is 0.328 e. The first-order chi connectivity index (χ1) is 7.08. The first-order valence-corrected chi connectivity index (χ1v) is 6.59. The predicted octanol–water partition coefficient (Wildman–Crippen LogP) is 2.23. The van der Waals surface area contributed by atoms with Crippen molar-refractivity contribution in [3.63, 3.8) is 0 Å². The van der Waals surface area contributed by atoms with Crippen LogP contribution in [0.1, 0.15) is 46.5 Å². The molecular formula is C13H26N2. The third-order valence-electron chi connectivity index (χ3n) is 4.56. The SMILES string of the molecule is CC(C)C(C)CN1C2CCC1CC(N)C2. The number of fused-ring (bicyclic) bond motifs is 2. The fourth-order valence-corrected chi connectivity index (χ4v) is 3.16. The average molecular weight is 210 g/mol. The summed E-state index contributed by atoms with van der Waals surface area (Å²) in [7, 11) is 0. The molecule has 2 heterocycles. The lowest BCUT2D eigenvalue weighted by atomic mass is 9.93. The van der Waals surface area contributed by atoms with Crippen molar-refractivity contribution in [1.82, 2.24) is 4.90 Å². The Kier molecular flexibility index (Phi) is 3.36. The molecular weight excluding hydrogens is 184 g/mol. The van der Waals surface area contributed by atoms with E-state index in [-0.39, 0.29) is 0 Å². The fraction of sp³-hybridized carbons (Fsp3) is 1.00. The maximum Gasteiger partial charge on any atom is 0.0114 e. The minimum absolute atomic E-state index is 0.480. The molecule has 15 heavy (non-hydrogen) atoms. The van der Waals surface area contributed by atoms with Gasteiger partial charge in [0.05, 0.1) is 0 Å². The van der Waals surface area contributed by atoms with Crippen LogP contribution in [0.25, 0.3) is 0 Å². The summed E-state index contributed by atoms with van der Waals surface area (Å²) < 4.78 is 0. The molecule has 0 amide bonds. The third-order valence-corrected chi connectivity index (χ3v) is 4.56. The second kappa shape index (κ2) is 4.42. The second-order valence-electron chi connectivity index (χ2n) is 6.03. The number of nitrogens with zero attached hydrogens (tertiary/aromatic N) is 1. The third kappa shape index (κ3) is 2.36.